The average Bonchev–Trinajstić information content (AvgIpc) is 3.54. The third-order valence-electron chi connectivity index (χ3n) is 7.03. The summed E-state index contributed by atoms with van der Waals surface area (Å²) in [6, 6.07) is 13.9. The van der Waals surface area contributed by atoms with Crippen LogP contribution in [0.1, 0.15) is 37.5 Å². The first-order valence-corrected chi connectivity index (χ1v) is 13.7. The van der Waals surface area contributed by atoms with Crippen LogP contribution in [0.15, 0.2) is 51.7 Å². The topological polar surface area (TPSA) is 116 Å². The lowest BCUT2D eigenvalue weighted by molar-refractivity contribution is -0.151. The monoisotopic (exact) mass is 621 g/mol. The number of hydrazine groups is 1. The Morgan fingerprint density at radius 2 is 1.74 bits per heavy atom. The molecule has 3 aromatic rings. The fraction of sp³-hybridized carbons (Fsp3) is 0.448. The summed E-state index contributed by atoms with van der Waals surface area (Å²) in [5.41, 5.74) is 4.74. The highest BCUT2D eigenvalue weighted by Gasteiger charge is 2.27. The standard InChI is InChI=1S/C29H39N7O4.2ClH/c1-6-36-29(39)40-28(32-36)22-11-12-25(21(4)15-22)31-16-26(37)34(14-13-30-20(2)3)19-27(38)33(5)35-17-23-9-7-8-10-24(23)18-35;;/h7-12,15,20,30-31H,6,13-14,16-19H2,1-5H3;2*1H. The average molecular weight is 623 g/mol. The Hall–Kier alpha value is -3.38. The zero-order chi connectivity index (χ0) is 28.8. The molecule has 0 radical (unpaired) electrons. The van der Waals surface area contributed by atoms with Crippen molar-refractivity contribution in [1.82, 2.24) is 30.0 Å². The Kier molecular flexibility index (Phi) is 13.0. The number of likely N-dealkylation sites (N-methyl/N-ethyl adjacent to an activating group) is 1. The largest absolute Gasteiger partial charge is 0.437 e. The van der Waals surface area contributed by atoms with Gasteiger partial charge < -0.3 is 20.0 Å². The number of fused-ring (bicyclic) bond motifs is 1. The molecule has 4 rings (SSSR count). The molecule has 0 saturated heterocycles. The van der Waals surface area contributed by atoms with Gasteiger partial charge in [-0.25, -0.2) is 9.80 Å². The molecule has 0 fully saturated rings. The van der Waals surface area contributed by atoms with E-state index in [0.717, 1.165) is 11.3 Å². The summed E-state index contributed by atoms with van der Waals surface area (Å²) in [5, 5.41) is 14.4. The third kappa shape index (κ3) is 8.57. The molecule has 0 atom stereocenters. The van der Waals surface area contributed by atoms with E-state index < -0.39 is 5.76 Å². The highest BCUT2D eigenvalue weighted by Crippen LogP contribution is 2.24. The SMILES string of the molecule is CCn1nc(-c2ccc(NCC(=O)N(CCNC(C)C)CC(=O)N(C)N3Cc4ccccc4C3)c(C)c2)oc1=O.Cl.Cl. The number of hydrogen-bond acceptors (Lipinski definition) is 8. The number of benzene rings is 2. The second-order valence-corrected chi connectivity index (χ2v) is 10.3. The molecule has 1 aliphatic heterocycles. The van der Waals surface area contributed by atoms with Crippen molar-refractivity contribution in [2.75, 3.05) is 38.5 Å². The second-order valence-electron chi connectivity index (χ2n) is 10.3. The number of nitrogens with zero attached hydrogens (tertiary/aromatic N) is 5. The van der Waals surface area contributed by atoms with Gasteiger partial charge in [-0.05, 0) is 48.7 Å². The maximum Gasteiger partial charge on any atom is 0.437 e. The molecule has 0 bridgehead atoms. The summed E-state index contributed by atoms with van der Waals surface area (Å²) in [6.45, 7) is 10.6. The van der Waals surface area contributed by atoms with Crippen molar-refractivity contribution >= 4 is 42.3 Å². The summed E-state index contributed by atoms with van der Waals surface area (Å²) in [5.74, 6) is -0.554. The number of aryl methyl sites for hydroxylation is 2. The van der Waals surface area contributed by atoms with Gasteiger partial charge in [-0.15, -0.1) is 29.9 Å². The smallest absolute Gasteiger partial charge is 0.388 e. The first kappa shape index (κ1) is 34.8. The maximum atomic E-state index is 13.3. The van der Waals surface area contributed by atoms with Gasteiger partial charge in [0.2, 0.25) is 11.8 Å². The molecule has 0 spiro atoms. The Balaban J connectivity index is 0.00000308. The summed E-state index contributed by atoms with van der Waals surface area (Å²) in [6.07, 6.45) is 0. The Morgan fingerprint density at radius 1 is 1.07 bits per heavy atom. The lowest BCUT2D eigenvalue weighted by Gasteiger charge is -2.31. The van der Waals surface area contributed by atoms with Crippen LogP contribution in [-0.4, -0.2) is 75.8 Å². The number of nitrogens with one attached hydrogen (secondary N) is 2. The molecule has 0 saturated carbocycles. The number of hydrogen-bond donors (Lipinski definition) is 2. The zero-order valence-electron chi connectivity index (χ0n) is 24.8. The Labute approximate surface area is 259 Å². The summed E-state index contributed by atoms with van der Waals surface area (Å²) < 4.78 is 6.52. The first-order valence-electron chi connectivity index (χ1n) is 13.7. The third-order valence-corrected chi connectivity index (χ3v) is 7.03. The first-order chi connectivity index (χ1) is 19.2. The van der Waals surface area contributed by atoms with Crippen molar-refractivity contribution in [3.63, 3.8) is 0 Å². The van der Waals surface area contributed by atoms with E-state index in [1.807, 2.05) is 57.0 Å². The molecule has 13 heteroatoms. The van der Waals surface area contributed by atoms with Crippen molar-refractivity contribution in [2.24, 2.45) is 0 Å². The molecular weight excluding hydrogens is 581 g/mol. The number of rotatable bonds is 12. The molecule has 0 aliphatic carbocycles. The van der Waals surface area contributed by atoms with Crippen LogP contribution in [0.5, 0.6) is 0 Å². The van der Waals surface area contributed by atoms with E-state index in [0.29, 0.717) is 38.3 Å². The van der Waals surface area contributed by atoms with Crippen LogP contribution in [0, 0.1) is 6.92 Å². The number of amides is 2. The van der Waals surface area contributed by atoms with E-state index in [1.54, 1.807) is 23.0 Å². The van der Waals surface area contributed by atoms with Crippen LogP contribution < -0.4 is 16.4 Å². The summed E-state index contributed by atoms with van der Waals surface area (Å²) in [7, 11) is 1.76. The minimum atomic E-state index is -0.496. The predicted octanol–water partition coefficient (Wildman–Crippen LogP) is 3.30. The molecule has 11 nitrogen and oxygen atoms in total. The van der Waals surface area contributed by atoms with Gasteiger partial charge in [0, 0.05) is 57.1 Å². The molecule has 1 aromatic heterocycles. The number of aromatic nitrogens is 2. The second kappa shape index (κ2) is 15.7. The fourth-order valence-corrected chi connectivity index (χ4v) is 4.63. The number of carbonyl (C=O) groups excluding carboxylic acids is 2. The van der Waals surface area contributed by atoms with Gasteiger partial charge in [0.1, 0.15) is 6.54 Å². The highest BCUT2D eigenvalue weighted by atomic mass is 35.5. The molecule has 0 unspecified atom stereocenters. The van der Waals surface area contributed by atoms with Crippen LogP contribution in [0.25, 0.3) is 11.5 Å². The minimum absolute atomic E-state index is 0. The van der Waals surface area contributed by atoms with Crippen molar-refractivity contribution in [3.8, 4) is 11.5 Å². The van der Waals surface area contributed by atoms with Crippen molar-refractivity contribution in [3.05, 3.63) is 69.7 Å². The molecule has 2 heterocycles. The van der Waals surface area contributed by atoms with E-state index in [-0.39, 0.29) is 61.7 Å². The van der Waals surface area contributed by atoms with Gasteiger partial charge in [-0.2, -0.15) is 4.68 Å². The Bertz CT molecular complexity index is 1380. The van der Waals surface area contributed by atoms with Crippen LogP contribution in [0.3, 0.4) is 0 Å². The lowest BCUT2D eigenvalue weighted by Crippen LogP contribution is -2.49. The van der Waals surface area contributed by atoms with Gasteiger partial charge in [0.15, 0.2) is 0 Å². The van der Waals surface area contributed by atoms with Gasteiger partial charge in [-0.3, -0.25) is 14.6 Å². The van der Waals surface area contributed by atoms with Gasteiger partial charge in [-0.1, -0.05) is 38.1 Å². The van der Waals surface area contributed by atoms with Gasteiger partial charge >= 0.3 is 5.76 Å². The van der Waals surface area contributed by atoms with Crippen LogP contribution in [-0.2, 0) is 29.2 Å². The van der Waals surface area contributed by atoms with Crippen LogP contribution in [0.4, 0.5) is 5.69 Å². The predicted molar refractivity (Wildman–Crippen MR) is 168 cm³/mol. The molecule has 230 valence electrons. The minimum Gasteiger partial charge on any atom is -0.388 e. The Morgan fingerprint density at radius 3 is 2.31 bits per heavy atom. The van der Waals surface area contributed by atoms with Crippen molar-refractivity contribution in [2.45, 2.75) is 53.4 Å². The van der Waals surface area contributed by atoms with E-state index in [2.05, 4.69) is 27.9 Å². The van der Waals surface area contributed by atoms with Crippen molar-refractivity contribution < 1.29 is 14.0 Å². The van der Waals surface area contributed by atoms with Gasteiger partial charge in [0.25, 0.3) is 5.91 Å². The number of carbonyl (C=O) groups is 2. The highest BCUT2D eigenvalue weighted by molar-refractivity contribution is 5.87. The fourth-order valence-electron chi connectivity index (χ4n) is 4.63. The van der Waals surface area contributed by atoms with Crippen molar-refractivity contribution in [1.29, 1.82) is 0 Å². The zero-order valence-corrected chi connectivity index (χ0v) is 26.4. The maximum absolute atomic E-state index is 13.3. The summed E-state index contributed by atoms with van der Waals surface area (Å²) >= 11 is 0. The van der Waals surface area contributed by atoms with Crippen LogP contribution >= 0.6 is 24.8 Å². The quantitative estimate of drug-likeness (QED) is 0.316. The molecule has 42 heavy (non-hydrogen) atoms. The molecule has 2 N–H and O–H groups in total. The molecule has 2 amide bonds. The molecule has 2 aromatic carbocycles. The normalized spacial score (nSPS) is 12.3. The number of halogens is 2. The van der Waals surface area contributed by atoms with E-state index >= 15 is 0 Å². The van der Waals surface area contributed by atoms with Gasteiger partial charge in [0.05, 0.1) is 6.54 Å². The summed E-state index contributed by atoms with van der Waals surface area (Å²) in [4.78, 5) is 40.0. The van der Waals surface area contributed by atoms with Crippen LogP contribution in [0.2, 0.25) is 0 Å². The molecular formula is C29H41Cl2N7O4. The molecule has 1 aliphatic rings. The van der Waals surface area contributed by atoms with E-state index in [9.17, 15) is 14.4 Å². The van der Waals surface area contributed by atoms with E-state index in [1.165, 1.54) is 15.8 Å². The number of anilines is 1. The lowest BCUT2D eigenvalue weighted by atomic mass is 10.1. The van der Waals surface area contributed by atoms with E-state index in [4.69, 9.17) is 4.42 Å².